The van der Waals surface area contributed by atoms with Gasteiger partial charge in [0.1, 0.15) is 53.0 Å². The molecule has 1 amide bonds. The number of imidazole rings is 2. The first kappa shape index (κ1) is 41.3. The molecule has 0 radical (unpaired) electrons. The molecule has 2 saturated heterocycles. The Hall–Kier alpha value is -4.49. The largest absolute Gasteiger partial charge is 0.491 e. The van der Waals surface area contributed by atoms with Crippen molar-refractivity contribution >= 4 is 60.1 Å². The number of likely N-dealkylation sites (N-methyl/N-ethyl adjacent to an activating group) is 1. The minimum absolute atomic E-state index is 0.000301. The number of carbonyl (C=O) groups excluding carboxylic acids is 1. The number of aliphatic hydroxyl groups excluding tert-OH is 2. The number of aliphatic hydroxyl groups is 2. The van der Waals surface area contributed by atoms with Gasteiger partial charge in [-0.2, -0.15) is 0 Å². The zero-order chi connectivity index (χ0) is 41.4. The summed E-state index contributed by atoms with van der Waals surface area (Å²) in [5.74, 6) is 2.42. The van der Waals surface area contributed by atoms with E-state index >= 15 is 0 Å². The van der Waals surface area contributed by atoms with Crippen LogP contribution in [0, 0.1) is 0 Å². The molecule has 15 nitrogen and oxygen atoms in total. The zero-order valence-corrected chi connectivity index (χ0v) is 36.5. The molecular weight excluding hydrogens is 884 g/mol. The average Bonchev–Trinajstić information content (AvgIpc) is 3.99. The third-order valence-electron chi connectivity index (χ3n) is 11.5. The van der Waals surface area contributed by atoms with Crippen molar-refractivity contribution in [2.75, 3.05) is 60.0 Å². The summed E-state index contributed by atoms with van der Waals surface area (Å²) in [5.41, 5.74) is 3.12. The number of aromatic nitrogens is 6. The number of benzene rings is 2. The lowest BCUT2D eigenvalue weighted by Gasteiger charge is -2.54. The number of hydrogen-bond acceptors (Lipinski definition) is 12. The fraction of sp³-hybridized carbons (Fsp3) is 0.405. The minimum atomic E-state index is -1.43. The Kier molecular flexibility index (Phi) is 12.1. The zero-order valence-electron chi connectivity index (χ0n) is 33.3. The number of piperazine rings is 1. The molecule has 0 saturated carbocycles. The quantitative estimate of drug-likeness (QED) is 0.120. The number of rotatable bonds is 13. The van der Waals surface area contributed by atoms with Crippen LogP contribution < -0.4 is 9.47 Å². The van der Waals surface area contributed by atoms with Crippen molar-refractivity contribution in [3.8, 4) is 34.3 Å². The fourth-order valence-electron chi connectivity index (χ4n) is 8.35. The summed E-state index contributed by atoms with van der Waals surface area (Å²) >= 11 is 6.93. The van der Waals surface area contributed by atoms with Crippen molar-refractivity contribution < 1.29 is 24.5 Å². The van der Waals surface area contributed by atoms with Crippen LogP contribution in [0.25, 0.3) is 45.1 Å². The van der Waals surface area contributed by atoms with Crippen molar-refractivity contribution in [3.05, 3.63) is 82.0 Å². The van der Waals surface area contributed by atoms with Gasteiger partial charge in [0.25, 0.3) is 0 Å². The van der Waals surface area contributed by atoms with E-state index in [2.05, 4.69) is 85.6 Å². The second-order valence-electron chi connectivity index (χ2n) is 15.5. The van der Waals surface area contributed by atoms with Crippen LogP contribution >= 0.6 is 31.9 Å². The third-order valence-corrected chi connectivity index (χ3v) is 12.4. The molecule has 2 aliphatic heterocycles. The van der Waals surface area contributed by atoms with E-state index in [0.717, 1.165) is 37.5 Å². The molecule has 310 valence electrons. The second-order valence-corrected chi connectivity index (χ2v) is 17.3. The molecule has 6 aromatic rings. The van der Waals surface area contributed by atoms with Crippen molar-refractivity contribution in [1.29, 1.82) is 0 Å². The highest BCUT2D eigenvalue weighted by Gasteiger charge is 2.57. The molecular formula is C42H48Br2N10O5. The summed E-state index contributed by atoms with van der Waals surface area (Å²) in [5, 5.41) is 24.7. The van der Waals surface area contributed by atoms with Gasteiger partial charge in [-0.05, 0) is 120 Å². The highest BCUT2D eigenvalue weighted by molar-refractivity contribution is 9.10. The summed E-state index contributed by atoms with van der Waals surface area (Å²) in [6, 6.07) is 18.3. The highest BCUT2D eigenvalue weighted by Crippen LogP contribution is 2.38. The van der Waals surface area contributed by atoms with E-state index in [1.807, 2.05) is 65.6 Å². The molecule has 2 aromatic carbocycles. The van der Waals surface area contributed by atoms with E-state index in [4.69, 9.17) is 14.5 Å². The van der Waals surface area contributed by atoms with Gasteiger partial charge in [-0.15, -0.1) is 0 Å². The number of fused-ring (bicyclic) bond motifs is 2. The molecule has 0 spiro atoms. The maximum absolute atomic E-state index is 12.5. The lowest BCUT2D eigenvalue weighted by Crippen LogP contribution is -2.75. The summed E-state index contributed by atoms with van der Waals surface area (Å²) in [7, 11) is 4.11. The van der Waals surface area contributed by atoms with Crippen LogP contribution in [0.4, 0.5) is 0 Å². The Balaban J connectivity index is 1.11. The van der Waals surface area contributed by atoms with E-state index in [-0.39, 0.29) is 18.6 Å². The van der Waals surface area contributed by atoms with Gasteiger partial charge in [0, 0.05) is 84.7 Å². The molecule has 0 aliphatic carbocycles. The maximum atomic E-state index is 12.5. The van der Waals surface area contributed by atoms with Crippen molar-refractivity contribution in [2.24, 2.45) is 0 Å². The monoisotopic (exact) mass is 930 g/mol. The van der Waals surface area contributed by atoms with E-state index in [9.17, 15) is 15.0 Å². The normalized spacial score (nSPS) is 19.3. The van der Waals surface area contributed by atoms with Gasteiger partial charge < -0.3 is 39.5 Å². The SMILES string of the molecule is CC(=O)N1CCN(C(C(O)COc2ccc(-c3nc4cc(Br)cnc4[nH]3)cc2)C(Oc2ccc(-c3nc4cc(Br)cnc4[nH]3)cc2)(C(C)O)N2CCC(N(C)C)C2)CC1. The molecule has 4 aromatic heterocycles. The van der Waals surface area contributed by atoms with Crippen LogP contribution in [0.2, 0.25) is 0 Å². The van der Waals surface area contributed by atoms with Gasteiger partial charge in [-0.1, -0.05) is 0 Å². The average molecular weight is 933 g/mol. The third kappa shape index (κ3) is 8.60. The summed E-state index contributed by atoms with van der Waals surface area (Å²) in [6.07, 6.45) is 2.09. The molecule has 2 fully saturated rings. The number of halogens is 2. The number of likely N-dealkylation sites (tertiary alicyclic amines) is 1. The van der Waals surface area contributed by atoms with E-state index in [1.54, 1.807) is 26.2 Å². The van der Waals surface area contributed by atoms with Crippen LogP contribution in [0.1, 0.15) is 20.3 Å². The molecule has 0 bridgehead atoms. The second kappa shape index (κ2) is 17.2. The number of H-pyrrole nitrogens is 2. The van der Waals surface area contributed by atoms with Crippen LogP contribution in [-0.2, 0) is 4.79 Å². The first-order valence-corrected chi connectivity index (χ1v) is 21.3. The Morgan fingerprint density at radius 1 is 0.864 bits per heavy atom. The number of ether oxygens (including phenoxy) is 2. The number of amides is 1. The van der Waals surface area contributed by atoms with Gasteiger partial charge in [0.05, 0.1) is 6.04 Å². The van der Waals surface area contributed by atoms with Gasteiger partial charge >= 0.3 is 0 Å². The number of nitrogens with one attached hydrogen (secondary N) is 2. The Bertz CT molecular complexity index is 2400. The number of carbonyl (C=O) groups is 1. The first-order chi connectivity index (χ1) is 28.4. The highest BCUT2D eigenvalue weighted by atomic mass is 79.9. The van der Waals surface area contributed by atoms with E-state index in [1.165, 1.54) is 0 Å². The molecule has 6 heterocycles. The van der Waals surface area contributed by atoms with Crippen molar-refractivity contribution in [1.82, 2.24) is 49.5 Å². The van der Waals surface area contributed by atoms with Gasteiger partial charge in [-0.25, -0.2) is 19.9 Å². The number of hydrogen-bond donors (Lipinski definition) is 4. The smallest absolute Gasteiger partial charge is 0.219 e. The molecule has 17 heteroatoms. The molecule has 8 rings (SSSR count). The molecule has 4 N–H and O–H groups in total. The Labute approximate surface area is 359 Å². The fourth-order valence-corrected chi connectivity index (χ4v) is 8.99. The van der Waals surface area contributed by atoms with Gasteiger partial charge in [0.15, 0.2) is 11.3 Å². The molecule has 2 aliphatic rings. The van der Waals surface area contributed by atoms with E-state index < -0.39 is 24.0 Å². The van der Waals surface area contributed by atoms with Gasteiger partial charge in [0.2, 0.25) is 11.6 Å². The van der Waals surface area contributed by atoms with Crippen LogP contribution in [0.5, 0.6) is 11.5 Å². The lowest BCUT2D eigenvalue weighted by molar-refractivity contribution is -0.216. The van der Waals surface area contributed by atoms with Gasteiger partial charge in [-0.3, -0.25) is 14.6 Å². The van der Waals surface area contributed by atoms with Crippen LogP contribution in [0.15, 0.2) is 82.0 Å². The summed E-state index contributed by atoms with van der Waals surface area (Å²) in [4.78, 5) is 45.6. The number of aromatic amines is 2. The Morgan fingerprint density at radius 3 is 1.90 bits per heavy atom. The summed E-state index contributed by atoms with van der Waals surface area (Å²) in [6.45, 7) is 6.33. The summed E-state index contributed by atoms with van der Waals surface area (Å²) < 4.78 is 15.2. The van der Waals surface area contributed by atoms with Crippen LogP contribution in [-0.4, -0.2) is 156 Å². The topological polar surface area (TPSA) is 172 Å². The number of nitrogens with zero attached hydrogens (tertiary/aromatic N) is 8. The molecule has 5 unspecified atom stereocenters. The van der Waals surface area contributed by atoms with Crippen LogP contribution in [0.3, 0.4) is 0 Å². The predicted molar refractivity (Wildman–Crippen MR) is 232 cm³/mol. The predicted octanol–water partition coefficient (Wildman–Crippen LogP) is 5.15. The standard InChI is InChI=1S/C42H48Br2N10O5/c1-25(55)42(54-14-13-31(23-54)51(3)4,59-33-11-7-28(8-12-33)39-48-35-20-30(44)22-46-41(35)50-39)37(53-17-15-52(16-18-53)26(2)56)36(57)24-58-32-9-5-27(6-10-32)38-47-34-19-29(43)21-45-40(34)49-38/h5-12,19-22,25,31,36-37,55,57H,13-18,23-24H2,1-4H3,(H,45,47,49)(H,46,48,50). The maximum Gasteiger partial charge on any atom is 0.219 e. The molecule has 5 atom stereocenters. The lowest BCUT2D eigenvalue weighted by atomic mass is 9.89. The minimum Gasteiger partial charge on any atom is -0.491 e. The Morgan fingerprint density at radius 2 is 1.41 bits per heavy atom. The van der Waals surface area contributed by atoms with Crippen molar-refractivity contribution in [3.63, 3.8) is 0 Å². The van der Waals surface area contributed by atoms with Crippen molar-refractivity contribution in [2.45, 2.75) is 50.3 Å². The first-order valence-electron chi connectivity index (χ1n) is 19.7. The number of pyridine rings is 2. The molecule has 59 heavy (non-hydrogen) atoms. The van der Waals surface area contributed by atoms with E-state index in [0.29, 0.717) is 73.7 Å².